The van der Waals surface area contributed by atoms with Crippen LogP contribution in [0, 0.1) is 13.8 Å². The normalized spacial score (nSPS) is 10.9. The van der Waals surface area contributed by atoms with Gasteiger partial charge in [-0.15, -0.1) is 0 Å². The number of amides is 2. The van der Waals surface area contributed by atoms with Gasteiger partial charge in [0.15, 0.2) is 0 Å². The molecule has 1 aromatic heterocycles. The van der Waals surface area contributed by atoms with Gasteiger partial charge in [-0.25, -0.2) is 18.4 Å². The van der Waals surface area contributed by atoms with Crippen LogP contribution in [0.5, 0.6) is 0 Å². The van der Waals surface area contributed by atoms with E-state index in [1.165, 1.54) is 12.4 Å². The molecule has 198 valence electrons. The van der Waals surface area contributed by atoms with Crippen molar-refractivity contribution in [2.75, 3.05) is 15.4 Å². The van der Waals surface area contributed by atoms with Crippen LogP contribution in [0.2, 0.25) is 0 Å². The topological polar surface area (TPSA) is 130 Å². The molecule has 0 aliphatic rings. The van der Waals surface area contributed by atoms with Crippen molar-refractivity contribution in [3.63, 3.8) is 0 Å². The fourth-order valence-corrected chi connectivity index (χ4v) is 4.32. The van der Waals surface area contributed by atoms with E-state index in [9.17, 15) is 18.0 Å². The highest BCUT2D eigenvalue weighted by molar-refractivity contribution is 7.95. The molecule has 2 amide bonds. The molecule has 0 saturated heterocycles. The van der Waals surface area contributed by atoms with Crippen LogP contribution >= 0.6 is 0 Å². The van der Waals surface area contributed by atoms with E-state index in [0.717, 1.165) is 22.1 Å². The molecule has 0 unspecified atom stereocenters. The minimum atomic E-state index is -3.61. The summed E-state index contributed by atoms with van der Waals surface area (Å²) in [5.74, 6) is -0.131. The Morgan fingerprint density at radius 1 is 0.846 bits per heavy atom. The van der Waals surface area contributed by atoms with Gasteiger partial charge in [-0.1, -0.05) is 42.5 Å². The standard InChI is InChI=1S/C29H27N5O4S/c1-4-39(37,38)34-24-10-6-8-21(14-24)15-27-30-17-25(18-31-27)33-29(36)26-16-23(12-11-20(26)3)32-28(35)22-9-5-7-19(2)13-22/h4-14,16-18,34H,1,15H2,2-3H3,(H,32,35)(H,33,36). The summed E-state index contributed by atoms with van der Waals surface area (Å²) in [7, 11) is -3.61. The minimum Gasteiger partial charge on any atom is -0.322 e. The van der Waals surface area contributed by atoms with Gasteiger partial charge in [0.2, 0.25) is 0 Å². The molecular formula is C29H27N5O4S. The van der Waals surface area contributed by atoms with Gasteiger partial charge in [-0.3, -0.25) is 14.3 Å². The van der Waals surface area contributed by atoms with E-state index < -0.39 is 10.0 Å². The molecule has 1 heterocycles. The van der Waals surface area contributed by atoms with Crippen LogP contribution in [0.15, 0.2) is 91.1 Å². The molecule has 9 nitrogen and oxygen atoms in total. The second kappa shape index (κ2) is 11.7. The van der Waals surface area contributed by atoms with E-state index in [-0.39, 0.29) is 11.8 Å². The molecule has 4 rings (SSSR count). The SMILES string of the molecule is C=CS(=O)(=O)Nc1cccc(Cc2ncc(NC(=O)c3cc(NC(=O)c4cccc(C)c4)ccc3C)cn2)c1. The van der Waals surface area contributed by atoms with Gasteiger partial charge in [0, 0.05) is 34.3 Å². The van der Waals surface area contributed by atoms with Crippen LogP contribution in [-0.2, 0) is 16.4 Å². The van der Waals surface area contributed by atoms with E-state index in [0.29, 0.717) is 40.4 Å². The zero-order valence-electron chi connectivity index (χ0n) is 21.4. The largest absolute Gasteiger partial charge is 0.322 e. The Kier molecular flexibility index (Phi) is 8.16. The lowest BCUT2D eigenvalue weighted by molar-refractivity contribution is 0.101. The van der Waals surface area contributed by atoms with Gasteiger partial charge in [-0.05, 0) is 61.4 Å². The van der Waals surface area contributed by atoms with Crippen molar-refractivity contribution < 1.29 is 18.0 Å². The van der Waals surface area contributed by atoms with Gasteiger partial charge in [0.1, 0.15) is 5.82 Å². The number of sulfonamides is 1. The fourth-order valence-electron chi connectivity index (χ4n) is 3.78. The molecule has 0 aliphatic heterocycles. The first kappa shape index (κ1) is 27.2. The third-order valence-corrected chi connectivity index (χ3v) is 6.71. The number of anilines is 3. The van der Waals surface area contributed by atoms with Crippen molar-refractivity contribution in [1.82, 2.24) is 9.97 Å². The van der Waals surface area contributed by atoms with Gasteiger partial charge < -0.3 is 10.6 Å². The Morgan fingerprint density at radius 3 is 2.28 bits per heavy atom. The maximum atomic E-state index is 13.0. The van der Waals surface area contributed by atoms with Crippen molar-refractivity contribution in [1.29, 1.82) is 0 Å². The third kappa shape index (κ3) is 7.36. The van der Waals surface area contributed by atoms with Crippen molar-refractivity contribution in [3.05, 3.63) is 125 Å². The van der Waals surface area contributed by atoms with Gasteiger partial charge >= 0.3 is 0 Å². The van der Waals surface area contributed by atoms with E-state index >= 15 is 0 Å². The van der Waals surface area contributed by atoms with Crippen LogP contribution in [0.25, 0.3) is 0 Å². The highest BCUT2D eigenvalue weighted by Gasteiger charge is 2.13. The molecule has 0 spiro atoms. The number of carbonyl (C=O) groups is 2. The first-order valence-electron chi connectivity index (χ1n) is 12.0. The van der Waals surface area contributed by atoms with Crippen LogP contribution in [0.1, 0.15) is 43.2 Å². The van der Waals surface area contributed by atoms with Crippen molar-refractivity contribution in [2.45, 2.75) is 20.3 Å². The predicted molar refractivity (Wildman–Crippen MR) is 152 cm³/mol. The number of nitrogens with one attached hydrogen (secondary N) is 3. The number of aryl methyl sites for hydroxylation is 2. The van der Waals surface area contributed by atoms with Crippen molar-refractivity contribution >= 4 is 38.9 Å². The quantitative estimate of drug-likeness (QED) is 0.271. The lowest BCUT2D eigenvalue weighted by Crippen LogP contribution is -2.16. The summed E-state index contributed by atoms with van der Waals surface area (Å²) in [6, 6.07) is 19.3. The van der Waals surface area contributed by atoms with Crippen LogP contribution < -0.4 is 15.4 Å². The molecule has 3 aromatic carbocycles. The number of carbonyl (C=O) groups excluding carboxylic acids is 2. The smallest absolute Gasteiger partial charge is 0.256 e. The molecule has 0 bridgehead atoms. The molecule has 3 N–H and O–H groups in total. The van der Waals surface area contributed by atoms with Gasteiger partial charge in [0.25, 0.3) is 21.8 Å². The van der Waals surface area contributed by atoms with E-state index in [2.05, 4.69) is 31.9 Å². The number of hydrogen-bond donors (Lipinski definition) is 3. The number of hydrogen-bond acceptors (Lipinski definition) is 6. The van der Waals surface area contributed by atoms with Gasteiger partial charge in [0.05, 0.1) is 18.1 Å². The Morgan fingerprint density at radius 2 is 1.56 bits per heavy atom. The number of benzene rings is 3. The molecule has 4 aromatic rings. The highest BCUT2D eigenvalue weighted by atomic mass is 32.2. The first-order valence-corrected chi connectivity index (χ1v) is 13.5. The molecule has 0 fully saturated rings. The van der Waals surface area contributed by atoms with Crippen molar-refractivity contribution in [2.24, 2.45) is 0 Å². The van der Waals surface area contributed by atoms with E-state index in [4.69, 9.17) is 0 Å². The summed E-state index contributed by atoms with van der Waals surface area (Å²) in [5.41, 5.74) is 4.77. The molecule has 0 radical (unpaired) electrons. The Labute approximate surface area is 227 Å². The summed E-state index contributed by atoms with van der Waals surface area (Å²) in [4.78, 5) is 34.3. The second-order valence-electron chi connectivity index (χ2n) is 8.89. The maximum absolute atomic E-state index is 13.0. The highest BCUT2D eigenvalue weighted by Crippen LogP contribution is 2.19. The predicted octanol–water partition coefficient (Wildman–Crippen LogP) is 5.07. The number of rotatable bonds is 9. The third-order valence-electron chi connectivity index (χ3n) is 5.75. The first-order chi connectivity index (χ1) is 18.6. The van der Waals surface area contributed by atoms with E-state index in [1.54, 1.807) is 48.5 Å². The number of aromatic nitrogens is 2. The monoisotopic (exact) mass is 541 g/mol. The summed E-state index contributed by atoms with van der Waals surface area (Å²) in [5, 5.41) is 6.47. The zero-order chi connectivity index (χ0) is 28.0. The molecule has 0 saturated carbocycles. The fraction of sp³-hybridized carbons (Fsp3) is 0.103. The summed E-state index contributed by atoms with van der Waals surface area (Å²) >= 11 is 0. The Bertz CT molecular complexity index is 1650. The van der Waals surface area contributed by atoms with Crippen LogP contribution in [0.3, 0.4) is 0 Å². The van der Waals surface area contributed by atoms with E-state index in [1.807, 2.05) is 32.0 Å². The minimum absolute atomic E-state index is 0.262. The van der Waals surface area contributed by atoms with Crippen molar-refractivity contribution in [3.8, 4) is 0 Å². The van der Waals surface area contributed by atoms with Crippen LogP contribution in [-0.4, -0.2) is 30.2 Å². The maximum Gasteiger partial charge on any atom is 0.256 e. The number of nitrogens with zero attached hydrogens (tertiary/aromatic N) is 2. The molecule has 0 aliphatic carbocycles. The zero-order valence-corrected chi connectivity index (χ0v) is 22.2. The second-order valence-corrected chi connectivity index (χ2v) is 10.5. The average molecular weight is 542 g/mol. The summed E-state index contributed by atoms with van der Waals surface area (Å²) < 4.78 is 25.8. The lowest BCUT2D eigenvalue weighted by Gasteiger charge is -2.11. The molecule has 0 atom stereocenters. The summed E-state index contributed by atoms with van der Waals surface area (Å²) in [6.07, 6.45) is 3.37. The summed E-state index contributed by atoms with van der Waals surface area (Å²) in [6.45, 7) is 7.01. The Hall–Kier alpha value is -4.83. The molecule has 10 heteroatoms. The molecule has 39 heavy (non-hydrogen) atoms. The average Bonchev–Trinajstić information content (AvgIpc) is 2.91. The molecular weight excluding hydrogens is 514 g/mol. The van der Waals surface area contributed by atoms with Gasteiger partial charge in [-0.2, -0.15) is 0 Å². The lowest BCUT2D eigenvalue weighted by atomic mass is 10.1. The van der Waals surface area contributed by atoms with Crippen LogP contribution in [0.4, 0.5) is 17.1 Å². The Balaban J connectivity index is 1.41.